The van der Waals surface area contributed by atoms with Crippen molar-refractivity contribution >= 4 is 5.97 Å². The van der Waals surface area contributed by atoms with Gasteiger partial charge in [0.05, 0.1) is 46.3 Å². The molecular weight excluding hydrogens is 616 g/mol. The summed E-state index contributed by atoms with van der Waals surface area (Å²) in [6, 6.07) is 1.39. The van der Waals surface area contributed by atoms with Crippen molar-refractivity contribution in [3.8, 4) is 0 Å². The van der Waals surface area contributed by atoms with Gasteiger partial charge in [0.15, 0.2) is 6.10 Å². The maximum absolute atomic E-state index is 12.5. The number of ether oxygens (including phenoxy) is 1. The van der Waals surface area contributed by atoms with Crippen molar-refractivity contribution < 1.29 is 52.5 Å². The Labute approximate surface area is 261 Å². The van der Waals surface area contributed by atoms with E-state index in [1.807, 2.05) is 0 Å². The fourth-order valence-electron chi connectivity index (χ4n) is 12.0. The third-order valence-corrected chi connectivity index (χ3v) is 14.2. The Hall–Kier alpha value is 0.350. The largest absolute Gasteiger partial charge is 1.00 e. The van der Waals surface area contributed by atoms with Gasteiger partial charge in [-0.25, -0.2) is 0 Å². The molecule has 2 aliphatic heterocycles. The van der Waals surface area contributed by atoms with E-state index in [1.54, 1.807) is 6.92 Å². The van der Waals surface area contributed by atoms with Crippen LogP contribution in [0, 0.1) is 34.5 Å². The minimum atomic E-state index is -0.0492. The average Bonchev–Trinajstić information content (AvgIpc) is 3.17. The molecule has 0 spiro atoms. The minimum absolute atomic E-state index is 0. The standard InChI is InChI=1S/C33H58N2O2.2BrH/c1-24(36)37-31-30(35(5)20-10-7-11-21-35)22-29-27-15-13-25-12-14-26(34(4)18-8-6-9-19-34)23-33(25,3)28(27)16-17-32(29,31)2;;/h25-31H,6-23H2,1-5H3;2*1H/q+2;;/p-2/t25?,26-,27-,28+,29+,30+,31+,32+,33+;;/m1../s1. The number of hydrogen-bond donors (Lipinski definition) is 0. The van der Waals surface area contributed by atoms with Crippen molar-refractivity contribution in [3.63, 3.8) is 0 Å². The van der Waals surface area contributed by atoms with Gasteiger partial charge in [0.25, 0.3) is 0 Å². The van der Waals surface area contributed by atoms with Crippen molar-refractivity contribution in [3.05, 3.63) is 0 Å². The highest BCUT2D eigenvalue weighted by Gasteiger charge is 2.67. The molecule has 0 aromatic rings. The van der Waals surface area contributed by atoms with Crippen LogP contribution in [0.3, 0.4) is 0 Å². The van der Waals surface area contributed by atoms with Gasteiger partial charge < -0.3 is 47.7 Å². The molecule has 6 fully saturated rings. The molecule has 6 rings (SSSR count). The highest BCUT2D eigenvalue weighted by molar-refractivity contribution is 5.66. The Morgan fingerprint density at radius 1 is 0.744 bits per heavy atom. The minimum Gasteiger partial charge on any atom is -1.00 e. The van der Waals surface area contributed by atoms with Crippen LogP contribution in [0.1, 0.15) is 111 Å². The fourth-order valence-corrected chi connectivity index (χ4v) is 12.0. The second-order valence-corrected chi connectivity index (χ2v) is 15.9. The van der Waals surface area contributed by atoms with Gasteiger partial charge in [-0.3, -0.25) is 4.79 Å². The van der Waals surface area contributed by atoms with Gasteiger partial charge in [0, 0.05) is 25.2 Å². The smallest absolute Gasteiger partial charge is 0.303 e. The summed E-state index contributed by atoms with van der Waals surface area (Å²) < 4.78 is 8.90. The molecule has 1 unspecified atom stereocenters. The number of nitrogens with zero attached hydrogens (tertiary/aromatic N) is 2. The Balaban J connectivity index is 0.00000176. The highest BCUT2D eigenvalue weighted by atomic mass is 79.9. The fraction of sp³-hybridized carbons (Fsp3) is 0.970. The van der Waals surface area contributed by atoms with Gasteiger partial charge in [0.2, 0.25) is 0 Å². The van der Waals surface area contributed by atoms with Gasteiger partial charge in [-0.1, -0.05) is 13.8 Å². The summed E-state index contributed by atoms with van der Waals surface area (Å²) in [6.07, 6.45) is 19.8. The molecule has 0 amide bonds. The number of rotatable bonds is 3. The molecule has 39 heavy (non-hydrogen) atoms. The normalized spacial score (nSPS) is 46.3. The molecule has 4 nitrogen and oxygen atoms in total. The van der Waals surface area contributed by atoms with Gasteiger partial charge in [0.1, 0.15) is 6.04 Å². The van der Waals surface area contributed by atoms with Crippen LogP contribution in [0.15, 0.2) is 0 Å². The van der Waals surface area contributed by atoms with E-state index in [-0.39, 0.29) is 51.5 Å². The molecule has 2 saturated heterocycles. The second kappa shape index (κ2) is 11.8. The van der Waals surface area contributed by atoms with Crippen molar-refractivity contribution in [2.75, 3.05) is 40.3 Å². The lowest BCUT2D eigenvalue weighted by atomic mass is 9.44. The van der Waals surface area contributed by atoms with E-state index in [0.29, 0.717) is 11.5 Å². The van der Waals surface area contributed by atoms with E-state index in [0.717, 1.165) is 34.2 Å². The number of likely N-dealkylation sites (tertiary alicyclic amines) is 2. The summed E-state index contributed by atoms with van der Waals surface area (Å²) in [5, 5.41) is 0. The lowest BCUT2D eigenvalue weighted by Gasteiger charge is -2.62. The second-order valence-electron chi connectivity index (χ2n) is 15.9. The van der Waals surface area contributed by atoms with E-state index >= 15 is 0 Å². The molecule has 9 atom stereocenters. The number of carbonyl (C=O) groups excluding carboxylic acids is 1. The number of quaternary nitrogens is 2. The summed E-state index contributed by atoms with van der Waals surface area (Å²) in [5.41, 5.74) is 0.684. The van der Waals surface area contributed by atoms with Crippen LogP contribution in [0.2, 0.25) is 0 Å². The topological polar surface area (TPSA) is 26.3 Å². The van der Waals surface area contributed by atoms with E-state index in [2.05, 4.69) is 27.9 Å². The SMILES string of the molecule is CC(=O)O[C@H]1[C@@H]([N+]2(C)CCCCC2)C[C@H]2[C@@H]3CCC4CC[C@@H]([N+]5(C)CCCCC5)C[C@]4(C)[C@H]3CC[C@@]21C.[Br-].[Br-]. The molecule has 226 valence electrons. The number of likely N-dealkylation sites (N-methyl/N-ethyl adjacent to an activating group) is 1. The van der Waals surface area contributed by atoms with Crippen molar-refractivity contribution in [2.45, 2.75) is 129 Å². The Morgan fingerprint density at radius 2 is 1.33 bits per heavy atom. The van der Waals surface area contributed by atoms with Crippen LogP contribution < -0.4 is 34.0 Å². The molecule has 6 heteroatoms. The van der Waals surface area contributed by atoms with E-state index in [1.165, 1.54) is 121 Å². The van der Waals surface area contributed by atoms with Crippen LogP contribution in [0.25, 0.3) is 0 Å². The monoisotopic (exact) mass is 672 g/mol. The van der Waals surface area contributed by atoms with Gasteiger partial charge in [-0.15, -0.1) is 0 Å². The first kappa shape index (κ1) is 32.3. The first-order chi connectivity index (χ1) is 17.6. The molecule has 0 radical (unpaired) electrons. The molecule has 0 N–H and O–H groups in total. The first-order valence-corrected chi connectivity index (χ1v) is 16.4. The molecule has 0 bridgehead atoms. The number of esters is 1. The maximum Gasteiger partial charge on any atom is 0.303 e. The van der Waals surface area contributed by atoms with Gasteiger partial charge >= 0.3 is 5.97 Å². The summed E-state index contributed by atoms with van der Waals surface area (Å²) >= 11 is 0. The Bertz CT molecular complexity index is 872. The zero-order chi connectivity index (χ0) is 26.1. The number of hydrogen-bond acceptors (Lipinski definition) is 2. The van der Waals surface area contributed by atoms with E-state index in [4.69, 9.17) is 4.74 Å². The quantitative estimate of drug-likeness (QED) is 0.324. The summed E-state index contributed by atoms with van der Waals surface area (Å²) in [4.78, 5) is 12.5. The van der Waals surface area contributed by atoms with E-state index in [9.17, 15) is 4.79 Å². The number of piperidine rings is 2. The highest BCUT2D eigenvalue weighted by Crippen LogP contribution is 2.67. The van der Waals surface area contributed by atoms with Crippen molar-refractivity contribution in [1.82, 2.24) is 0 Å². The third kappa shape index (κ3) is 5.35. The lowest BCUT2D eigenvalue weighted by Crippen LogP contribution is -3.00. The van der Waals surface area contributed by atoms with Gasteiger partial charge in [-0.05, 0) is 106 Å². The summed E-state index contributed by atoms with van der Waals surface area (Å²) in [5.74, 6) is 3.35. The van der Waals surface area contributed by atoms with Gasteiger partial charge in [-0.2, -0.15) is 0 Å². The summed E-state index contributed by atoms with van der Waals surface area (Å²) in [7, 11) is 5.12. The Morgan fingerprint density at radius 3 is 1.95 bits per heavy atom. The van der Waals surface area contributed by atoms with Crippen LogP contribution in [-0.4, -0.2) is 73.4 Å². The Kier molecular flexibility index (Phi) is 9.76. The van der Waals surface area contributed by atoms with Crippen LogP contribution in [0.4, 0.5) is 0 Å². The third-order valence-electron chi connectivity index (χ3n) is 14.2. The zero-order valence-corrected chi connectivity index (χ0v) is 28.9. The van der Waals surface area contributed by atoms with Crippen LogP contribution in [0.5, 0.6) is 0 Å². The number of fused-ring (bicyclic) bond motifs is 5. The van der Waals surface area contributed by atoms with E-state index < -0.39 is 0 Å². The van der Waals surface area contributed by atoms with Crippen LogP contribution in [-0.2, 0) is 9.53 Å². The molecule has 2 heterocycles. The number of carbonyl (C=O) groups is 1. The predicted molar refractivity (Wildman–Crippen MR) is 150 cm³/mol. The molecule has 6 aliphatic rings. The van der Waals surface area contributed by atoms with Crippen molar-refractivity contribution in [1.29, 1.82) is 0 Å². The molecule has 0 aromatic carbocycles. The summed E-state index contributed by atoms with van der Waals surface area (Å²) in [6.45, 7) is 12.4. The zero-order valence-electron chi connectivity index (χ0n) is 25.7. The first-order valence-electron chi connectivity index (χ1n) is 16.4. The average molecular weight is 675 g/mol. The van der Waals surface area contributed by atoms with Crippen LogP contribution >= 0.6 is 0 Å². The lowest BCUT2D eigenvalue weighted by molar-refractivity contribution is -0.940. The molecule has 4 saturated carbocycles. The molecule has 4 aliphatic carbocycles. The maximum atomic E-state index is 12.5. The molecular formula is C33H58Br2N2O2. The van der Waals surface area contributed by atoms with Crippen molar-refractivity contribution in [2.24, 2.45) is 34.5 Å². The molecule has 0 aromatic heterocycles. The number of halogens is 2. The predicted octanol–water partition coefficient (Wildman–Crippen LogP) is 0.577.